The number of rotatable bonds is 8. The van der Waals surface area contributed by atoms with Gasteiger partial charge in [0.2, 0.25) is 0 Å². The summed E-state index contributed by atoms with van der Waals surface area (Å²) < 4.78 is 11.7. The van der Waals surface area contributed by atoms with Crippen LogP contribution in [0.1, 0.15) is 36.2 Å². The Morgan fingerprint density at radius 1 is 1.00 bits per heavy atom. The van der Waals surface area contributed by atoms with Crippen molar-refractivity contribution in [1.29, 1.82) is 0 Å². The van der Waals surface area contributed by atoms with E-state index < -0.39 is 11.8 Å². The molecule has 2 aromatic carbocycles. The maximum Gasteiger partial charge on any atom is 0.276 e. The second-order valence-corrected chi connectivity index (χ2v) is 6.64. The van der Waals surface area contributed by atoms with Gasteiger partial charge in [-0.3, -0.25) is 20.4 Å². The van der Waals surface area contributed by atoms with Gasteiger partial charge in [0.25, 0.3) is 11.8 Å². The van der Waals surface area contributed by atoms with Crippen LogP contribution in [0.3, 0.4) is 0 Å². The second-order valence-electron chi connectivity index (χ2n) is 5.78. The third kappa shape index (κ3) is 6.60. The molecule has 0 heterocycles. The SMILES string of the molecule is CCCOc1ccc(C(=O)NNC(=O)COc2ccc(CC)cc2Br)cc1. The highest BCUT2D eigenvalue weighted by atomic mass is 79.9. The monoisotopic (exact) mass is 434 g/mol. The molecule has 2 N–H and O–H groups in total. The predicted molar refractivity (Wildman–Crippen MR) is 107 cm³/mol. The Hall–Kier alpha value is -2.54. The molecule has 0 unspecified atom stereocenters. The first-order valence-electron chi connectivity index (χ1n) is 8.76. The average Bonchev–Trinajstić information content (AvgIpc) is 2.69. The Labute approximate surface area is 167 Å². The van der Waals surface area contributed by atoms with Crippen LogP contribution >= 0.6 is 15.9 Å². The Morgan fingerprint density at radius 2 is 1.74 bits per heavy atom. The fourth-order valence-electron chi connectivity index (χ4n) is 2.18. The molecule has 0 spiro atoms. The molecule has 6 nitrogen and oxygen atoms in total. The van der Waals surface area contributed by atoms with Gasteiger partial charge in [-0.2, -0.15) is 0 Å². The van der Waals surface area contributed by atoms with Crippen molar-refractivity contribution in [1.82, 2.24) is 10.9 Å². The van der Waals surface area contributed by atoms with Crippen LogP contribution < -0.4 is 20.3 Å². The van der Waals surface area contributed by atoms with Crippen LogP contribution in [0.5, 0.6) is 11.5 Å². The van der Waals surface area contributed by atoms with Gasteiger partial charge in [0.05, 0.1) is 11.1 Å². The fourth-order valence-corrected chi connectivity index (χ4v) is 2.72. The number of hydrogen-bond donors (Lipinski definition) is 2. The van der Waals surface area contributed by atoms with Crippen molar-refractivity contribution in [3.8, 4) is 11.5 Å². The molecule has 2 aromatic rings. The van der Waals surface area contributed by atoms with Crippen molar-refractivity contribution in [3.63, 3.8) is 0 Å². The molecule has 0 aromatic heterocycles. The minimum Gasteiger partial charge on any atom is -0.494 e. The number of aryl methyl sites for hydroxylation is 1. The molecule has 0 bridgehead atoms. The lowest BCUT2D eigenvalue weighted by atomic mass is 10.2. The minimum absolute atomic E-state index is 0.214. The van der Waals surface area contributed by atoms with Gasteiger partial charge in [-0.1, -0.05) is 19.9 Å². The van der Waals surface area contributed by atoms with E-state index in [-0.39, 0.29) is 6.61 Å². The van der Waals surface area contributed by atoms with E-state index in [0.717, 1.165) is 22.9 Å². The van der Waals surface area contributed by atoms with Crippen molar-refractivity contribution in [2.75, 3.05) is 13.2 Å². The summed E-state index contributed by atoms with van der Waals surface area (Å²) in [5, 5.41) is 0. The lowest BCUT2D eigenvalue weighted by Gasteiger charge is -2.11. The van der Waals surface area contributed by atoms with Crippen molar-refractivity contribution in [2.24, 2.45) is 0 Å². The molecule has 2 rings (SSSR count). The number of hydrazine groups is 1. The summed E-state index contributed by atoms with van der Waals surface area (Å²) in [5.41, 5.74) is 6.27. The van der Waals surface area contributed by atoms with Gasteiger partial charge in [0.1, 0.15) is 11.5 Å². The van der Waals surface area contributed by atoms with Crippen LogP contribution in [0, 0.1) is 0 Å². The average molecular weight is 435 g/mol. The molecule has 7 heteroatoms. The number of benzene rings is 2. The second kappa shape index (κ2) is 10.6. The highest BCUT2D eigenvalue weighted by Crippen LogP contribution is 2.26. The molecule has 2 amide bonds. The first-order valence-corrected chi connectivity index (χ1v) is 9.56. The number of nitrogens with one attached hydrogen (secondary N) is 2. The smallest absolute Gasteiger partial charge is 0.276 e. The van der Waals surface area contributed by atoms with Crippen LogP contribution in [0.2, 0.25) is 0 Å². The molecule has 0 radical (unpaired) electrons. The Kier molecular flexibility index (Phi) is 8.13. The van der Waals surface area contributed by atoms with Crippen LogP contribution in [-0.2, 0) is 11.2 Å². The zero-order valence-corrected chi connectivity index (χ0v) is 17.0. The third-order valence-electron chi connectivity index (χ3n) is 3.67. The van der Waals surface area contributed by atoms with E-state index in [0.29, 0.717) is 23.7 Å². The van der Waals surface area contributed by atoms with Crippen molar-refractivity contribution >= 4 is 27.7 Å². The number of carbonyl (C=O) groups is 2. The van der Waals surface area contributed by atoms with E-state index in [1.165, 1.54) is 0 Å². The van der Waals surface area contributed by atoms with Gasteiger partial charge in [-0.25, -0.2) is 0 Å². The highest BCUT2D eigenvalue weighted by Gasteiger charge is 2.09. The molecule has 144 valence electrons. The topological polar surface area (TPSA) is 76.7 Å². The molecule has 0 saturated carbocycles. The van der Waals surface area contributed by atoms with Crippen LogP contribution in [-0.4, -0.2) is 25.0 Å². The van der Waals surface area contributed by atoms with E-state index in [1.54, 1.807) is 30.3 Å². The van der Waals surface area contributed by atoms with Crippen molar-refractivity contribution < 1.29 is 19.1 Å². The number of carbonyl (C=O) groups excluding carboxylic acids is 2. The lowest BCUT2D eigenvalue weighted by Crippen LogP contribution is -2.43. The number of hydrogen-bond acceptors (Lipinski definition) is 4. The van der Waals surface area contributed by atoms with Gasteiger partial charge >= 0.3 is 0 Å². The summed E-state index contributed by atoms with van der Waals surface area (Å²) in [7, 11) is 0. The van der Waals surface area contributed by atoms with E-state index in [2.05, 4.69) is 33.7 Å². The Bertz CT molecular complexity index is 778. The minimum atomic E-state index is -0.460. The zero-order chi connectivity index (χ0) is 19.6. The number of halogens is 1. The fraction of sp³-hybridized carbons (Fsp3) is 0.300. The van der Waals surface area contributed by atoms with E-state index in [9.17, 15) is 9.59 Å². The van der Waals surface area contributed by atoms with Gasteiger partial charge in [0.15, 0.2) is 6.61 Å². The van der Waals surface area contributed by atoms with Gasteiger partial charge in [0, 0.05) is 5.56 Å². The van der Waals surface area contributed by atoms with Crippen LogP contribution in [0.15, 0.2) is 46.9 Å². The van der Waals surface area contributed by atoms with Crippen molar-refractivity contribution in [2.45, 2.75) is 26.7 Å². The van der Waals surface area contributed by atoms with Crippen LogP contribution in [0.4, 0.5) is 0 Å². The molecule has 0 aliphatic heterocycles. The van der Waals surface area contributed by atoms with Gasteiger partial charge < -0.3 is 9.47 Å². The molecule has 0 aliphatic carbocycles. The summed E-state index contributed by atoms with van der Waals surface area (Å²) in [4.78, 5) is 23.9. The zero-order valence-electron chi connectivity index (χ0n) is 15.4. The Balaban J connectivity index is 1.78. The number of ether oxygens (including phenoxy) is 2. The summed E-state index contributed by atoms with van der Waals surface area (Å²) in [6, 6.07) is 12.4. The third-order valence-corrected chi connectivity index (χ3v) is 4.29. The molecular formula is C20H23BrN2O4. The van der Waals surface area contributed by atoms with E-state index >= 15 is 0 Å². The largest absolute Gasteiger partial charge is 0.494 e. The molecule has 0 saturated heterocycles. The molecule has 27 heavy (non-hydrogen) atoms. The Morgan fingerprint density at radius 3 is 2.37 bits per heavy atom. The van der Waals surface area contributed by atoms with Crippen LogP contribution in [0.25, 0.3) is 0 Å². The lowest BCUT2D eigenvalue weighted by molar-refractivity contribution is -0.123. The summed E-state index contributed by atoms with van der Waals surface area (Å²) in [6.45, 7) is 4.49. The summed E-state index contributed by atoms with van der Waals surface area (Å²) in [5.74, 6) is 0.387. The number of amides is 2. The highest BCUT2D eigenvalue weighted by molar-refractivity contribution is 9.10. The van der Waals surface area contributed by atoms with E-state index in [1.807, 2.05) is 19.1 Å². The summed E-state index contributed by atoms with van der Waals surface area (Å²) in [6.07, 6.45) is 1.83. The molecular weight excluding hydrogens is 412 g/mol. The maximum atomic E-state index is 12.1. The van der Waals surface area contributed by atoms with E-state index in [4.69, 9.17) is 9.47 Å². The molecule has 0 aliphatic rings. The van der Waals surface area contributed by atoms with Crippen molar-refractivity contribution in [3.05, 3.63) is 58.1 Å². The summed E-state index contributed by atoms with van der Waals surface area (Å²) >= 11 is 3.42. The molecule has 0 fully saturated rings. The quantitative estimate of drug-likeness (QED) is 0.621. The molecule has 0 atom stereocenters. The standard InChI is InChI=1S/C20H23BrN2O4/c1-3-11-26-16-8-6-15(7-9-16)20(25)23-22-19(24)13-27-18-10-5-14(4-2)12-17(18)21/h5-10,12H,3-4,11,13H2,1-2H3,(H,22,24)(H,23,25). The maximum absolute atomic E-state index is 12.1. The van der Waals surface area contributed by atoms with Gasteiger partial charge in [-0.05, 0) is 70.7 Å². The predicted octanol–water partition coefficient (Wildman–Crippen LogP) is 3.64. The first kappa shape index (κ1) is 20.8. The van der Waals surface area contributed by atoms with Gasteiger partial charge in [-0.15, -0.1) is 0 Å². The normalized spacial score (nSPS) is 10.2. The first-order chi connectivity index (χ1) is 13.0.